The maximum Gasteiger partial charge on any atom is 0.325 e. The Kier molecular flexibility index (Phi) is 4.34. The summed E-state index contributed by atoms with van der Waals surface area (Å²) in [5, 5.41) is 0. The summed E-state index contributed by atoms with van der Waals surface area (Å²) in [5.41, 5.74) is 6.76. The van der Waals surface area contributed by atoms with Crippen LogP contribution in [-0.4, -0.2) is 44.3 Å². The lowest BCUT2D eigenvalue weighted by atomic mass is 10.5. The zero-order chi connectivity index (χ0) is 14.8. The van der Waals surface area contributed by atoms with Gasteiger partial charge in [0, 0.05) is 6.66 Å². The van der Waals surface area contributed by atoms with Gasteiger partial charge in [0.1, 0.15) is 18.1 Å². The molecule has 2 aromatic rings. The lowest BCUT2D eigenvalue weighted by molar-refractivity contribution is 0.00192. The Morgan fingerprint density at radius 2 is 2.20 bits per heavy atom. The van der Waals surface area contributed by atoms with E-state index in [0.29, 0.717) is 17.0 Å². The summed E-state index contributed by atoms with van der Waals surface area (Å²) in [6, 6.07) is 0. The molecule has 0 fully saturated rings. The van der Waals surface area contributed by atoms with E-state index in [0.717, 1.165) is 6.66 Å². The number of ether oxygens (including phenoxy) is 1. The van der Waals surface area contributed by atoms with E-state index in [1.54, 1.807) is 17.8 Å². The molecule has 0 aliphatic heterocycles. The first-order valence-electron chi connectivity index (χ1n) is 5.88. The summed E-state index contributed by atoms with van der Waals surface area (Å²) in [4.78, 5) is 21.1. The molecule has 1 unspecified atom stereocenters. The summed E-state index contributed by atoms with van der Waals surface area (Å²) in [6.07, 6.45) is 2.54. The van der Waals surface area contributed by atoms with E-state index >= 15 is 0 Å². The van der Waals surface area contributed by atoms with Gasteiger partial charge in [0.05, 0.1) is 19.5 Å². The van der Waals surface area contributed by atoms with Gasteiger partial charge in [-0.2, -0.15) is 0 Å². The highest BCUT2D eigenvalue weighted by atomic mass is 31.2. The second-order valence-electron chi connectivity index (χ2n) is 4.19. The van der Waals surface area contributed by atoms with Crippen LogP contribution in [0.1, 0.15) is 13.2 Å². The van der Waals surface area contributed by atoms with Gasteiger partial charge in [-0.05, 0) is 6.92 Å². The van der Waals surface area contributed by atoms with Gasteiger partial charge in [-0.1, -0.05) is 0 Å². The molecule has 2 heterocycles. The average Bonchev–Trinajstić information content (AvgIpc) is 2.78. The number of fused-ring (bicyclic) bond motifs is 1. The average molecular weight is 301 g/mol. The first-order valence-corrected chi connectivity index (χ1v) is 7.90. The molecular formula is C10H16N5O4P. The molecule has 2 atom stereocenters. The Balaban J connectivity index is 2.00. The fourth-order valence-corrected chi connectivity index (χ4v) is 2.06. The third-order valence-corrected chi connectivity index (χ3v) is 3.21. The van der Waals surface area contributed by atoms with Crippen molar-refractivity contribution in [1.82, 2.24) is 19.5 Å². The maximum atomic E-state index is 10.9. The van der Waals surface area contributed by atoms with Crippen LogP contribution in [-0.2, 0) is 13.8 Å². The first-order chi connectivity index (χ1) is 9.38. The van der Waals surface area contributed by atoms with E-state index in [1.165, 1.54) is 6.33 Å². The number of aromatic nitrogens is 4. The molecule has 0 aliphatic rings. The Morgan fingerprint density at radius 3 is 2.90 bits per heavy atom. The zero-order valence-electron chi connectivity index (χ0n) is 11.1. The Morgan fingerprint density at radius 1 is 1.45 bits per heavy atom. The number of imidazole rings is 1. The molecule has 0 saturated heterocycles. The lowest BCUT2D eigenvalue weighted by Crippen LogP contribution is -2.12. The summed E-state index contributed by atoms with van der Waals surface area (Å²) in [6.45, 7) is 3.11. The number of hydrogen-bond acceptors (Lipinski definition) is 7. The first kappa shape index (κ1) is 14.9. The number of nitrogens with zero attached hydrogens (tertiary/aromatic N) is 4. The smallest absolute Gasteiger partial charge is 0.325 e. The minimum absolute atomic E-state index is 0.0262. The predicted molar refractivity (Wildman–Crippen MR) is 72.1 cm³/mol. The van der Waals surface area contributed by atoms with E-state index in [1.807, 2.05) is 0 Å². The maximum absolute atomic E-state index is 10.9. The van der Waals surface area contributed by atoms with Crippen LogP contribution >= 0.6 is 7.60 Å². The topological polar surface area (TPSA) is 125 Å². The van der Waals surface area contributed by atoms with Crippen molar-refractivity contribution >= 4 is 24.6 Å². The number of nitrogens with two attached hydrogens (primary N) is 1. The molecule has 0 radical (unpaired) electrons. The molecule has 0 bridgehead atoms. The van der Waals surface area contributed by atoms with E-state index in [4.69, 9.17) is 19.9 Å². The van der Waals surface area contributed by atoms with Crippen molar-refractivity contribution in [2.24, 2.45) is 0 Å². The van der Waals surface area contributed by atoms with Gasteiger partial charge in [0.15, 0.2) is 11.5 Å². The SMILES string of the molecule is C[C@@H](OCCOP(C)(=O)O)n1cnc2c(N)ncnc21. The van der Waals surface area contributed by atoms with Gasteiger partial charge in [-0.25, -0.2) is 15.0 Å². The largest absolute Gasteiger partial charge is 0.382 e. The summed E-state index contributed by atoms with van der Waals surface area (Å²) in [7, 11) is -3.47. The van der Waals surface area contributed by atoms with E-state index in [-0.39, 0.29) is 19.4 Å². The normalized spacial score (nSPS) is 16.1. The molecule has 2 rings (SSSR count). The summed E-state index contributed by atoms with van der Waals surface area (Å²) >= 11 is 0. The monoisotopic (exact) mass is 301 g/mol. The third-order valence-electron chi connectivity index (χ3n) is 2.55. The zero-order valence-corrected chi connectivity index (χ0v) is 12.0. The molecule has 0 spiro atoms. The van der Waals surface area contributed by atoms with Gasteiger partial charge < -0.3 is 19.9 Å². The Hall–Kier alpha value is -1.54. The minimum atomic E-state index is -3.47. The van der Waals surface area contributed by atoms with Gasteiger partial charge >= 0.3 is 7.60 Å². The molecule has 9 nitrogen and oxygen atoms in total. The van der Waals surface area contributed by atoms with Crippen LogP contribution in [0.25, 0.3) is 11.2 Å². The van der Waals surface area contributed by atoms with Crippen LogP contribution in [0.4, 0.5) is 5.82 Å². The van der Waals surface area contributed by atoms with Gasteiger partial charge in [0.2, 0.25) is 0 Å². The highest BCUT2D eigenvalue weighted by Crippen LogP contribution is 2.36. The van der Waals surface area contributed by atoms with Crippen molar-refractivity contribution in [2.45, 2.75) is 13.2 Å². The van der Waals surface area contributed by atoms with Crippen LogP contribution in [0.2, 0.25) is 0 Å². The second kappa shape index (κ2) is 5.84. The van der Waals surface area contributed by atoms with Crippen LogP contribution in [0.15, 0.2) is 12.7 Å². The van der Waals surface area contributed by atoms with Crippen molar-refractivity contribution < 1.29 is 18.7 Å². The van der Waals surface area contributed by atoms with Crippen LogP contribution < -0.4 is 5.73 Å². The molecule has 20 heavy (non-hydrogen) atoms. The number of rotatable bonds is 6. The van der Waals surface area contributed by atoms with Gasteiger partial charge in [0.25, 0.3) is 0 Å². The van der Waals surface area contributed by atoms with Gasteiger partial charge in [-0.3, -0.25) is 9.13 Å². The molecule has 0 amide bonds. The molecular weight excluding hydrogens is 285 g/mol. The van der Waals surface area contributed by atoms with Crippen molar-refractivity contribution in [1.29, 1.82) is 0 Å². The Bertz CT molecular complexity index is 640. The molecule has 3 N–H and O–H groups in total. The molecule has 0 aliphatic carbocycles. The number of hydrogen-bond donors (Lipinski definition) is 2. The van der Waals surface area contributed by atoms with Crippen molar-refractivity contribution in [3.8, 4) is 0 Å². The molecule has 2 aromatic heterocycles. The van der Waals surface area contributed by atoms with E-state index in [2.05, 4.69) is 15.0 Å². The molecule has 0 saturated carbocycles. The Labute approximate surface area is 115 Å². The molecule has 10 heteroatoms. The van der Waals surface area contributed by atoms with Crippen molar-refractivity contribution in [3.63, 3.8) is 0 Å². The second-order valence-corrected chi connectivity index (χ2v) is 6.05. The van der Waals surface area contributed by atoms with Crippen molar-refractivity contribution in [2.75, 3.05) is 25.6 Å². The lowest BCUT2D eigenvalue weighted by Gasteiger charge is -2.15. The molecule has 0 aromatic carbocycles. The van der Waals surface area contributed by atoms with Gasteiger partial charge in [-0.15, -0.1) is 0 Å². The summed E-state index contributed by atoms with van der Waals surface area (Å²) in [5.74, 6) is 0.302. The highest BCUT2D eigenvalue weighted by Gasteiger charge is 2.14. The highest BCUT2D eigenvalue weighted by molar-refractivity contribution is 7.51. The van der Waals surface area contributed by atoms with Crippen LogP contribution in [0.5, 0.6) is 0 Å². The quantitative estimate of drug-likeness (QED) is 0.592. The molecule has 110 valence electrons. The minimum Gasteiger partial charge on any atom is -0.382 e. The van der Waals surface area contributed by atoms with Crippen LogP contribution in [0.3, 0.4) is 0 Å². The fraction of sp³-hybridized carbons (Fsp3) is 0.500. The van der Waals surface area contributed by atoms with E-state index in [9.17, 15) is 4.57 Å². The predicted octanol–water partition coefficient (Wildman–Crippen LogP) is 0.775. The summed E-state index contributed by atoms with van der Waals surface area (Å²) < 4.78 is 22.8. The van der Waals surface area contributed by atoms with E-state index < -0.39 is 7.60 Å². The van der Waals surface area contributed by atoms with Crippen LogP contribution in [0, 0.1) is 0 Å². The third kappa shape index (κ3) is 3.51. The standard InChI is InChI=1S/C10H16N5O4P/c1-7(18-3-4-19-20(2,16)17)15-6-14-8-9(11)12-5-13-10(8)15/h5-7H,3-4H2,1-2H3,(H,16,17)(H2,11,12,13)/t7-/m1/s1. The number of anilines is 1. The fourth-order valence-electron chi connectivity index (χ4n) is 1.64. The van der Waals surface area contributed by atoms with Crippen molar-refractivity contribution in [3.05, 3.63) is 12.7 Å². The number of nitrogen functional groups attached to an aromatic ring is 1.